The van der Waals surface area contributed by atoms with Gasteiger partial charge in [0.2, 0.25) is 0 Å². The maximum Gasteiger partial charge on any atom is 0.0682 e. The summed E-state index contributed by atoms with van der Waals surface area (Å²) in [5, 5.41) is 0. The van der Waals surface area contributed by atoms with E-state index in [0.717, 1.165) is 19.1 Å². The van der Waals surface area contributed by atoms with Crippen LogP contribution < -0.4 is 0 Å². The first-order valence-corrected chi connectivity index (χ1v) is 6.62. The Morgan fingerprint density at radius 3 is 2.44 bits per heavy atom. The van der Waals surface area contributed by atoms with Crippen molar-refractivity contribution in [2.24, 2.45) is 16.7 Å². The summed E-state index contributed by atoms with van der Waals surface area (Å²) in [7, 11) is 4.22. The van der Waals surface area contributed by atoms with Crippen LogP contribution in [0.15, 0.2) is 0 Å². The molecular weight excluding hydrogens is 198 g/mol. The number of hydrogen-bond acceptors (Lipinski definition) is 2. The molecule has 2 aliphatic rings. The Morgan fingerprint density at radius 2 is 1.94 bits per heavy atom. The van der Waals surface area contributed by atoms with E-state index in [-0.39, 0.29) is 0 Å². The van der Waals surface area contributed by atoms with E-state index in [9.17, 15) is 0 Å². The molecule has 2 rings (SSSR count). The highest BCUT2D eigenvalue weighted by atomic mass is 16.5. The summed E-state index contributed by atoms with van der Waals surface area (Å²) in [5.41, 5.74) is 0.847. The summed E-state index contributed by atoms with van der Waals surface area (Å²) < 4.78 is 6.22. The molecule has 0 aromatic rings. The SMILES string of the molecule is CN(C)CCOC1C2(C)CCC(C2)C1(C)C. The number of nitrogens with zero attached hydrogens (tertiary/aromatic N) is 1. The van der Waals surface area contributed by atoms with Crippen LogP contribution in [-0.2, 0) is 4.74 Å². The van der Waals surface area contributed by atoms with Gasteiger partial charge in [-0.1, -0.05) is 20.8 Å². The molecule has 0 aromatic carbocycles. The molecule has 3 unspecified atom stereocenters. The highest BCUT2D eigenvalue weighted by molar-refractivity contribution is 5.09. The number of rotatable bonds is 4. The average Bonchev–Trinajstić information content (AvgIpc) is 2.62. The van der Waals surface area contributed by atoms with Crippen LogP contribution in [0.25, 0.3) is 0 Å². The van der Waals surface area contributed by atoms with E-state index in [1.54, 1.807) is 0 Å². The van der Waals surface area contributed by atoms with Gasteiger partial charge in [0, 0.05) is 6.54 Å². The summed E-state index contributed by atoms with van der Waals surface area (Å²) in [6, 6.07) is 0. The molecule has 3 atom stereocenters. The number of fused-ring (bicyclic) bond motifs is 2. The van der Waals surface area contributed by atoms with Crippen LogP contribution in [-0.4, -0.2) is 38.3 Å². The molecular formula is C14H27NO. The molecule has 2 nitrogen and oxygen atoms in total. The minimum atomic E-state index is 0.388. The molecule has 0 radical (unpaired) electrons. The van der Waals surface area contributed by atoms with Gasteiger partial charge in [0.05, 0.1) is 12.7 Å². The Hall–Kier alpha value is -0.0800. The minimum absolute atomic E-state index is 0.388. The number of likely N-dealkylation sites (N-methyl/N-ethyl adjacent to an activating group) is 1. The lowest BCUT2D eigenvalue weighted by atomic mass is 9.70. The van der Waals surface area contributed by atoms with E-state index in [1.807, 2.05) is 0 Å². The lowest BCUT2D eigenvalue weighted by molar-refractivity contribution is -0.0906. The zero-order valence-corrected chi connectivity index (χ0v) is 11.5. The molecule has 0 aliphatic heterocycles. The van der Waals surface area contributed by atoms with Crippen LogP contribution in [0.5, 0.6) is 0 Å². The fourth-order valence-electron chi connectivity index (χ4n) is 4.03. The van der Waals surface area contributed by atoms with Crippen LogP contribution in [0.1, 0.15) is 40.0 Å². The van der Waals surface area contributed by atoms with Crippen molar-refractivity contribution < 1.29 is 4.74 Å². The van der Waals surface area contributed by atoms with Gasteiger partial charge in [0.25, 0.3) is 0 Å². The lowest BCUT2D eigenvalue weighted by Gasteiger charge is -2.42. The maximum atomic E-state index is 6.22. The van der Waals surface area contributed by atoms with Crippen LogP contribution in [0.3, 0.4) is 0 Å². The summed E-state index contributed by atoms with van der Waals surface area (Å²) in [4.78, 5) is 2.20. The molecule has 2 bridgehead atoms. The molecule has 2 saturated carbocycles. The van der Waals surface area contributed by atoms with Crippen LogP contribution in [0, 0.1) is 16.7 Å². The van der Waals surface area contributed by atoms with Crippen LogP contribution in [0.4, 0.5) is 0 Å². The predicted molar refractivity (Wildman–Crippen MR) is 67.5 cm³/mol. The second-order valence-corrected chi connectivity index (χ2v) is 6.97. The largest absolute Gasteiger partial charge is 0.376 e. The minimum Gasteiger partial charge on any atom is -0.376 e. The molecule has 0 spiro atoms. The van der Waals surface area contributed by atoms with Gasteiger partial charge < -0.3 is 9.64 Å². The van der Waals surface area contributed by atoms with Crippen molar-refractivity contribution in [1.29, 1.82) is 0 Å². The molecule has 2 aliphatic carbocycles. The van der Waals surface area contributed by atoms with E-state index in [0.29, 0.717) is 16.9 Å². The summed E-state index contributed by atoms with van der Waals surface area (Å²) in [6.07, 6.45) is 4.64. The topological polar surface area (TPSA) is 12.5 Å². The maximum absolute atomic E-state index is 6.22. The molecule has 94 valence electrons. The molecule has 2 fully saturated rings. The molecule has 0 aromatic heterocycles. The summed E-state index contributed by atoms with van der Waals surface area (Å²) in [5.74, 6) is 0.891. The van der Waals surface area contributed by atoms with Crippen molar-refractivity contribution in [1.82, 2.24) is 4.90 Å². The highest BCUT2D eigenvalue weighted by Gasteiger charge is 2.59. The monoisotopic (exact) mass is 225 g/mol. The van der Waals surface area contributed by atoms with Crippen molar-refractivity contribution in [3.05, 3.63) is 0 Å². The highest BCUT2D eigenvalue weighted by Crippen LogP contribution is 2.63. The second-order valence-electron chi connectivity index (χ2n) is 6.97. The Kier molecular flexibility index (Phi) is 3.09. The third-order valence-corrected chi connectivity index (χ3v) is 4.96. The van der Waals surface area contributed by atoms with Gasteiger partial charge in [-0.15, -0.1) is 0 Å². The van der Waals surface area contributed by atoms with Gasteiger partial charge in [-0.25, -0.2) is 0 Å². The van der Waals surface area contributed by atoms with E-state index >= 15 is 0 Å². The van der Waals surface area contributed by atoms with Gasteiger partial charge >= 0.3 is 0 Å². The first kappa shape index (κ1) is 12.4. The Labute approximate surface area is 100 Å². The van der Waals surface area contributed by atoms with Crippen molar-refractivity contribution in [3.8, 4) is 0 Å². The third kappa shape index (κ3) is 1.91. The van der Waals surface area contributed by atoms with Gasteiger partial charge in [0.1, 0.15) is 0 Å². The van der Waals surface area contributed by atoms with Crippen molar-refractivity contribution in [3.63, 3.8) is 0 Å². The van der Waals surface area contributed by atoms with Crippen molar-refractivity contribution >= 4 is 0 Å². The zero-order valence-electron chi connectivity index (χ0n) is 11.5. The fraction of sp³-hybridized carbons (Fsp3) is 1.00. The third-order valence-electron chi connectivity index (χ3n) is 4.96. The van der Waals surface area contributed by atoms with Crippen LogP contribution >= 0.6 is 0 Å². The van der Waals surface area contributed by atoms with Gasteiger partial charge in [-0.3, -0.25) is 0 Å². The Bertz CT molecular complexity index is 257. The van der Waals surface area contributed by atoms with Crippen molar-refractivity contribution in [2.75, 3.05) is 27.2 Å². The molecule has 0 saturated heterocycles. The lowest BCUT2D eigenvalue weighted by Crippen LogP contribution is -2.43. The summed E-state index contributed by atoms with van der Waals surface area (Å²) in [6.45, 7) is 9.16. The first-order chi connectivity index (χ1) is 7.36. The van der Waals surface area contributed by atoms with Gasteiger partial charge in [-0.05, 0) is 50.1 Å². The fourth-order valence-corrected chi connectivity index (χ4v) is 4.03. The van der Waals surface area contributed by atoms with Gasteiger partial charge in [0.15, 0.2) is 0 Å². The smallest absolute Gasteiger partial charge is 0.0682 e. The summed E-state index contributed by atoms with van der Waals surface area (Å²) >= 11 is 0. The van der Waals surface area contributed by atoms with E-state index < -0.39 is 0 Å². The van der Waals surface area contributed by atoms with E-state index in [4.69, 9.17) is 4.74 Å². The molecule has 0 heterocycles. The Morgan fingerprint density at radius 1 is 1.25 bits per heavy atom. The predicted octanol–water partition coefficient (Wildman–Crippen LogP) is 2.78. The van der Waals surface area contributed by atoms with Gasteiger partial charge in [-0.2, -0.15) is 0 Å². The number of ether oxygens (including phenoxy) is 1. The molecule has 0 N–H and O–H groups in total. The molecule has 2 heteroatoms. The quantitative estimate of drug-likeness (QED) is 0.729. The zero-order chi connectivity index (χ0) is 12.0. The normalized spacial score (nSPS) is 40.9. The van der Waals surface area contributed by atoms with Crippen LogP contribution in [0.2, 0.25) is 0 Å². The van der Waals surface area contributed by atoms with E-state index in [1.165, 1.54) is 19.3 Å². The first-order valence-electron chi connectivity index (χ1n) is 6.62. The standard InChI is InChI=1S/C14H27NO/c1-13(2)11-6-7-14(3,10-11)12(13)16-9-8-15(4)5/h11-12H,6-10H2,1-5H3. The second kappa shape index (κ2) is 3.99. The molecule has 0 amide bonds. The van der Waals surface area contributed by atoms with E-state index in [2.05, 4.69) is 39.8 Å². The average molecular weight is 225 g/mol. The number of hydrogen-bond donors (Lipinski definition) is 0. The van der Waals surface area contributed by atoms with Crippen molar-refractivity contribution in [2.45, 2.75) is 46.1 Å². The molecule has 16 heavy (non-hydrogen) atoms. The Balaban J connectivity index is 1.97.